The van der Waals surface area contributed by atoms with Gasteiger partial charge in [-0.05, 0) is 17.7 Å². The molecule has 2 aromatic rings. The van der Waals surface area contributed by atoms with Crippen LogP contribution < -0.4 is 5.76 Å². The van der Waals surface area contributed by atoms with E-state index in [4.69, 9.17) is 9.68 Å². The van der Waals surface area contributed by atoms with Gasteiger partial charge >= 0.3 is 5.76 Å². The highest BCUT2D eigenvalue weighted by molar-refractivity contribution is 5.76. The van der Waals surface area contributed by atoms with Crippen LogP contribution >= 0.6 is 0 Å². The molecule has 0 saturated carbocycles. The fraction of sp³-hybridized carbons (Fsp3) is 0.308. The lowest BCUT2D eigenvalue weighted by atomic mass is 10.2. The molecular weight excluding hydrogens is 246 g/mol. The number of H-pyrrole nitrogens is 1. The summed E-state index contributed by atoms with van der Waals surface area (Å²) in [5.74, 6) is -0.581. The number of aromatic nitrogens is 1. The van der Waals surface area contributed by atoms with Crippen LogP contribution in [0.25, 0.3) is 11.1 Å². The third-order valence-corrected chi connectivity index (χ3v) is 2.78. The summed E-state index contributed by atoms with van der Waals surface area (Å²) in [6, 6.07) is 7.23. The Morgan fingerprint density at radius 3 is 3.05 bits per heavy atom. The van der Waals surface area contributed by atoms with Gasteiger partial charge in [0.25, 0.3) is 0 Å². The molecule has 0 saturated heterocycles. The molecule has 1 amide bonds. The van der Waals surface area contributed by atoms with Gasteiger partial charge in [0.05, 0.1) is 11.6 Å². The lowest BCUT2D eigenvalue weighted by Crippen LogP contribution is -2.25. The second kappa shape index (κ2) is 5.40. The highest BCUT2D eigenvalue weighted by atomic mass is 16.4. The molecule has 1 heterocycles. The lowest BCUT2D eigenvalue weighted by molar-refractivity contribution is -0.130. The number of carbonyl (C=O) groups is 1. The molecule has 0 aliphatic carbocycles. The van der Waals surface area contributed by atoms with Crippen LogP contribution in [0.4, 0.5) is 0 Å². The summed E-state index contributed by atoms with van der Waals surface area (Å²) in [4.78, 5) is 26.8. The van der Waals surface area contributed by atoms with E-state index >= 15 is 0 Å². The van der Waals surface area contributed by atoms with Gasteiger partial charge in [0.15, 0.2) is 5.58 Å². The van der Waals surface area contributed by atoms with Gasteiger partial charge in [0.2, 0.25) is 5.91 Å². The molecule has 0 aliphatic heterocycles. The molecule has 0 fully saturated rings. The van der Waals surface area contributed by atoms with Crippen LogP contribution in [0.3, 0.4) is 0 Å². The van der Waals surface area contributed by atoms with Crippen molar-refractivity contribution in [1.29, 1.82) is 5.26 Å². The van der Waals surface area contributed by atoms with E-state index < -0.39 is 5.76 Å². The summed E-state index contributed by atoms with van der Waals surface area (Å²) in [5, 5.41) is 8.44. The van der Waals surface area contributed by atoms with Gasteiger partial charge in [-0.15, -0.1) is 0 Å². The quantitative estimate of drug-likeness (QED) is 0.898. The van der Waals surface area contributed by atoms with E-state index in [0.29, 0.717) is 17.6 Å². The lowest BCUT2D eigenvalue weighted by Gasteiger charge is -2.16. The minimum Gasteiger partial charge on any atom is -0.408 e. The van der Waals surface area contributed by atoms with Gasteiger partial charge in [-0.2, -0.15) is 5.26 Å². The maximum absolute atomic E-state index is 11.7. The molecular formula is C13H13N3O3. The summed E-state index contributed by atoms with van der Waals surface area (Å²) in [5.41, 5.74) is 1.97. The van der Waals surface area contributed by atoms with Crippen molar-refractivity contribution in [2.45, 2.75) is 19.4 Å². The molecule has 2 rings (SSSR count). The van der Waals surface area contributed by atoms with Crippen LogP contribution in [0.15, 0.2) is 27.4 Å². The van der Waals surface area contributed by atoms with Gasteiger partial charge in [-0.3, -0.25) is 9.78 Å². The van der Waals surface area contributed by atoms with Crippen molar-refractivity contribution >= 4 is 17.0 Å². The Bertz CT molecular complexity index is 693. The Hall–Kier alpha value is -2.55. The molecule has 0 unspecified atom stereocenters. The first kappa shape index (κ1) is 12.9. The number of nitrogens with zero attached hydrogens (tertiary/aromatic N) is 2. The second-order valence-corrected chi connectivity index (χ2v) is 4.25. The monoisotopic (exact) mass is 259 g/mol. The van der Waals surface area contributed by atoms with Crippen LogP contribution in [0.1, 0.15) is 18.4 Å². The van der Waals surface area contributed by atoms with E-state index in [-0.39, 0.29) is 18.7 Å². The summed E-state index contributed by atoms with van der Waals surface area (Å²) in [7, 11) is 1.68. The third-order valence-electron chi connectivity index (χ3n) is 2.78. The smallest absolute Gasteiger partial charge is 0.408 e. The molecule has 0 spiro atoms. The zero-order valence-electron chi connectivity index (χ0n) is 10.5. The van der Waals surface area contributed by atoms with Crippen LogP contribution in [0.5, 0.6) is 0 Å². The first-order chi connectivity index (χ1) is 9.10. The number of hydrogen-bond donors (Lipinski definition) is 1. The Morgan fingerprint density at radius 2 is 2.32 bits per heavy atom. The molecule has 6 nitrogen and oxygen atoms in total. The molecule has 1 N–H and O–H groups in total. The van der Waals surface area contributed by atoms with Gasteiger partial charge < -0.3 is 9.32 Å². The van der Waals surface area contributed by atoms with E-state index in [9.17, 15) is 9.59 Å². The van der Waals surface area contributed by atoms with Crippen molar-refractivity contribution in [2.75, 3.05) is 7.05 Å². The Balaban J connectivity index is 2.10. The van der Waals surface area contributed by atoms with Crippen molar-refractivity contribution in [2.24, 2.45) is 0 Å². The van der Waals surface area contributed by atoms with Gasteiger partial charge in [-0.25, -0.2) is 4.79 Å². The Kier molecular flexibility index (Phi) is 3.66. The van der Waals surface area contributed by atoms with Crippen LogP contribution in [0.2, 0.25) is 0 Å². The molecule has 19 heavy (non-hydrogen) atoms. The average Bonchev–Trinajstić information content (AvgIpc) is 2.75. The standard InChI is InChI=1S/C13H13N3O3/c1-16(12(17)3-2-6-14)8-9-4-5-10-11(7-9)19-13(18)15-10/h4-5,7H,2-3,8H2,1H3,(H,15,18). The highest BCUT2D eigenvalue weighted by Gasteiger charge is 2.10. The number of aromatic amines is 1. The summed E-state index contributed by atoms with van der Waals surface area (Å²) in [6.07, 6.45) is 0.434. The van der Waals surface area contributed by atoms with E-state index in [1.165, 1.54) is 0 Å². The topological polar surface area (TPSA) is 90.1 Å². The number of nitrogens with one attached hydrogen (secondary N) is 1. The number of oxazole rings is 1. The number of hydrogen-bond acceptors (Lipinski definition) is 4. The molecule has 0 atom stereocenters. The van der Waals surface area contributed by atoms with Crippen molar-refractivity contribution < 1.29 is 9.21 Å². The molecule has 0 bridgehead atoms. The average molecular weight is 259 g/mol. The largest absolute Gasteiger partial charge is 0.417 e. The molecule has 6 heteroatoms. The predicted octanol–water partition coefficient (Wildman–Crippen LogP) is 1.38. The maximum Gasteiger partial charge on any atom is 0.417 e. The van der Waals surface area contributed by atoms with Gasteiger partial charge in [-0.1, -0.05) is 6.07 Å². The third kappa shape index (κ3) is 3.01. The number of nitriles is 1. The fourth-order valence-electron chi connectivity index (χ4n) is 1.80. The number of amides is 1. The summed E-state index contributed by atoms with van der Waals surface area (Å²) in [6.45, 7) is 0.412. The Labute approximate surface area is 109 Å². The molecule has 98 valence electrons. The number of fused-ring (bicyclic) bond motifs is 1. The second-order valence-electron chi connectivity index (χ2n) is 4.25. The molecule has 1 aromatic heterocycles. The van der Waals surface area contributed by atoms with Crippen LogP contribution in [-0.4, -0.2) is 22.8 Å². The van der Waals surface area contributed by atoms with Crippen LogP contribution in [-0.2, 0) is 11.3 Å². The van der Waals surface area contributed by atoms with Crippen molar-refractivity contribution in [3.63, 3.8) is 0 Å². The molecule has 1 aromatic carbocycles. The number of carbonyl (C=O) groups excluding carboxylic acids is 1. The Morgan fingerprint density at radius 1 is 1.53 bits per heavy atom. The van der Waals surface area contributed by atoms with Crippen LogP contribution in [0, 0.1) is 11.3 Å². The van der Waals surface area contributed by atoms with Crippen molar-refractivity contribution in [1.82, 2.24) is 9.88 Å². The van der Waals surface area contributed by atoms with Crippen molar-refractivity contribution in [3.05, 3.63) is 34.3 Å². The first-order valence-corrected chi connectivity index (χ1v) is 5.83. The van der Waals surface area contributed by atoms with E-state index in [0.717, 1.165) is 5.56 Å². The van der Waals surface area contributed by atoms with Crippen molar-refractivity contribution in [3.8, 4) is 6.07 Å². The number of benzene rings is 1. The van der Waals surface area contributed by atoms with Gasteiger partial charge in [0.1, 0.15) is 0 Å². The zero-order chi connectivity index (χ0) is 13.8. The molecule has 0 radical (unpaired) electrons. The van der Waals surface area contributed by atoms with E-state index in [1.807, 2.05) is 12.1 Å². The summed E-state index contributed by atoms with van der Waals surface area (Å²) >= 11 is 0. The normalized spacial score (nSPS) is 10.3. The maximum atomic E-state index is 11.7. The van der Waals surface area contributed by atoms with E-state index in [2.05, 4.69) is 4.98 Å². The highest BCUT2D eigenvalue weighted by Crippen LogP contribution is 2.14. The SMILES string of the molecule is CN(Cc1ccc2[nH]c(=O)oc2c1)C(=O)CCC#N. The molecule has 0 aliphatic rings. The first-order valence-electron chi connectivity index (χ1n) is 5.83. The number of rotatable bonds is 4. The zero-order valence-corrected chi connectivity index (χ0v) is 10.5. The van der Waals surface area contributed by atoms with E-state index in [1.54, 1.807) is 24.1 Å². The predicted molar refractivity (Wildman–Crippen MR) is 68.2 cm³/mol. The summed E-state index contributed by atoms with van der Waals surface area (Å²) < 4.78 is 4.96. The minimum atomic E-state index is -0.495. The minimum absolute atomic E-state index is 0.0860. The fourth-order valence-corrected chi connectivity index (χ4v) is 1.80. The van der Waals surface area contributed by atoms with Gasteiger partial charge in [0, 0.05) is 26.4 Å².